The van der Waals surface area contributed by atoms with Crippen LogP contribution in [0.3, 0.4) is 0 Å². The predicted octanol–water partition coefficient (Wildman–Crippen LogP) is 4.57. The van der Waals surface area contributed by atoms with Gasteiger partial charge in [0.1, 0.15) is 6.54 Å². The van der Waals surface area contributed by atoms with E-state index in [2.05, 4.69) is 4.98 Å². The number of fused-ring (bicyclic) bond motifs is 1. The van der Waals surface area contributed by atoms with Gasteiger partial charge in [-0.1, -0.05) is 41.9 Å². The van der Waals surface area contributed by atoms with E-state index in [1.165, 1.54) is 4.90 Å². The van der Waals surface area contributed by atoms with Crippen LogP contribution >= 0.6 is 11.6 Å². The highest BCUT2D eigenvalue weighted by Gasteiger charge is 2.22. The number of aromatic amines is 1. The zero-order valence-electron chi connectivity index (χ0n) is 22.6. The van der Waals surface area contributed by atoms with Gasteiger partial charge in [-0.05, 0) is 48.4 Å². The van der Waals surface area contributed by atoms with Crippen LogP contribution in [-0.2, 0) is 26.0 Å². The number of aromatic hydroxyl groups is 1. The van der Waals surface area contributed by atoms with Gasteiger partial charge in [-0.25, -0.2) is 13.4 Å². The van der Waals surface area contributed by atoms with Crippen LogP contribution in [0.25, 0.3) is 10.9 Å². The lowest BCUT2D eigenvalue weighted by Gasteiger charge is -2.23. The number of H-pyrrole nitrogens is 1. The van der Waals surface area contributed by atoms with E-state index in [-0.39, 0.29) is 24.8 Å². The number of amides is 1. The van der Waals surface area contributed by atoms with Crippen molar-refractivity contribution < 1.29 is 28.2 Å². The molecule has 0 fully saturated rings. The Morgan fingerprint density at radius 3 is 2.24 bits per heavy atom. The van der Waals surface area contributed by atoms with Crippen LogP contribution in [0.4, 0.5) is 11.4 Å². The van der Waals surface area contributed by atoms with Crippen molar-refractivity contribution in [2.45, 2.75) is 12.8 Å². The SMILES string of the molecule is CN(C)C(=O)CN(c1ccc(N=C(c2ccc(CCC(=O)O)cc2)c2c(O)[nH]c3cc(Cl)ccc23)cc1)S(C)(=O)=O. The Labute approximate surface area is 242 Å². The molecule has 0 saturated heterocycles. The number of carboxylic acid groups (broad SMARTS) is 1. The maximum atomic E-state index is 12.4. The molecule has 0 atom stereocenters. The van der Waals surface area contributed by atoms with Crippen molar-refractivity contribution in [1.82, 2.24) is 9.88 Å². The number of halogens is 1. The first-order valence-corrected chi connectivity index (χ1v) is 14.7. The molecular weight excluding hydrogens is 568 g/mol. The summed E-state index contributed by atoms with van der Waals surface area (Å²) in [5.41, 5.74) is 3.74. The third-order valence-electron chi connectivity index (χ3n) is 6.39. The third-order valence-corrected chi connectivity index (χ3v) is 7.76. The zero-order chi connectivity index (χ0) is 29.9. The minimum absolute atomic E-state index is 0.00127. The number of hydrogen-bond donors (Lipinski definition) is 3. The van der Waals surface area contributed by atoms with Gasteiger partial charge in [0.15, 0.2) is 5.88 Å². The second kappa shape index (κ2) is 12.0. The average molecular weight is 597 g/mol. The number of aliphatic imine (C=N–C) groups is 1. The molecule has 214 valence electrons. The molecular formula is C29H29ClN4O6S. The first-order valence-electron chi connectivity index (χ1n) is 12.5. The molecule has 1 heterocycles. The number of nitrogens with one attached hydrogen (secondary N) is 1. The Kier molecular flexibility index (Phi) is 8.69. The molecule has 1 amide bonds. The minimum Gasteiger partial charge on any atom is -0.494 e. The molecule has 4 aromatic rings. The lowest BCUT2D eigenvalue weighted by Crippen LogP contribution is -2.39. The standard InChI is InChI=1S/C29H29ClN4O6S/c1-33(2)25(35)17-34(41(3,39)40)22-12-10-21(11-13-22)31-28(19-7-4-18(5-8-19)6-15-26(36)37)27-23-14-9-20(30)16-24(23)32-29(27)38/h4-5,7-14,16,32,38H,6,15,17H2,1-3H3,(H,36,37). The lowest BCUT2D eigenvalue weighted by atomic mass is 9.98. The van der Waals surface area contributed by atoms with Crippen LogP contribution in [0.2, 0.25) is 5.02 Å². The van der Waals surface area contributed by atoms with Gasteiger partial charge in [0.05, 0.1) is 34.4 Å². The van der Waals surface area contributed by atoms with Crippen molar-refractivity contribution in [3.63, 3.8) is 0 Å². The van der Waals surface area contributed by atoms with Crippen LogP contribution < -0.4 is 4.31 Å². The number of carbonyl (C=O) groups excluding carboxylic acids is 1. The summed E-state index contributed by atoms with van der Waals surface area (Å²) in [4.78, 5) is 32.3. The van der Waals surface area contributed by atoms with Crippen LogP contribution in [0.1, 0.15) is 23.1 Å². The fraction of sp³-hybridized carbons (Fsp3) is 0.207. The summed E-state index contributed by atoms with van der Waals surface area (Å²) in [5, 5.41) is 21.1. The van der Waals surface area contributed by atoms with Gasteiger partial charge in [0, 0.05) is 36.5 Å². The molecule has 41 heavy (non-hydrogen) atoms. The Hall–Kier alpha value is -4.35. The summed E-state index contributed by atoms with van der Waals surface area (Å²) in [6.45, 7) is -0.348. The first-order chi connectivity index (χ1) is 19.3. The molecule has 0 aliphatic rings. The van der Waals surface area contributed by atoms with E-state index >= 15 is 0 Å². The molecule has 0 saturated carbocycles. The summed E-state index contributed by atoms with van der Waals surface area (Å²) in [7, 11) is -0.642. The molecule has 0 aliphatic heterocycles. The average Bonchev–Trinajstić information content (AvgIpc) is 3.23. The van der Waals surface area contributed by atoms with E-state index in [1.54, 1.807) is 68.7 Å². The van der Waals surface area contributed by atoms with Crippen molar-refractivity contribution in [2.75, 3.05) is 31.2 Å². The molecule has 0 bridgehead atoms. The molecule has 10 nitrogen and oxygen atoms in total. The van der Waals surface area contributed by atoms with Gasteiger partial charge >= 0.3 is 5.97 Å². The van der Waals surface area contributed by atoms with Gasteiger partial charge in [0.25, 0.3) is 0 Å². The Morgan fingerprint density at radius 1 is 1.00 bits per heavy atom. The smallest absolute Gasteiger partial charge is 0.303 e. The van der Waals surface area contributed by atoms with Gasteiger partial charge in [-0.3, -0.25) is 13.9 Å². The van der Waals surface area contributed by atoms with E-state index in [0.29, 0.717) is 50.6 Å². The van der Waals surface area contributed by atoms with Crippen molar-refractivity contribution in [3.05, 3.63) is 88.4 Å². The van der Waals surface area contributed by atoms with Crippen LogP contribution in [0.5, 0.6) is 5.88 Å². The second-order valence-corrected chi connectivity index (χ2v) is 12.0. The van der Waals surface area contributed by atoms with Crippen LogP contribution in [-0.4, -0.2) is 73.0 Å². The summed E-state index contributed by atoms with van der Waals surface area (Å²) in [5.74, 6) is -1.37. The molecule has 12 heteroatoms. The lowest BCUT2D eigenvalue weighted by molar-refractivity contribution is -0.137. The van der Waals surface area contributed by atoms with Crippen molar-refractivity contribution in [2.24, 2.45) is 4.99 Å². The number of benzene rings is 3. The number of aromatic nitrogens is 1. The monoisotopic (exact) mass is 596 g/mol. The number of hydrogen-bond acceptors (Lipinski definition) is 6. The van der Waals surface area contributed by atoms with Crippen LogP contribution in [0, 0.1) is 0 Å². The number of aryl methyl sites for hydroxylation is 1. The highest BCUT2D eigenvalue weighted by molar-refractivity contribution is 7.92. The third kappa shape index (κ3) is 7.05. The van der Waals surface area contributed by atoms with Crippen molar-refractivity contribution in [3.8, 4) is 5.88 Å². The fourth-order valence-electron chi connectivity index (χ4n) is 4.23. The summed E-state index contributed by atoms with van der Waals surface area (Å²) in [6.07, 6.45) is 1.40. The molecule has 3 aromatic carbocycles. The van der Waals surface area contributed by atoms with Gasteiger partial charge in [-0.2, -0.15) is 0 Å². The van der Waals surface area contributed by atoms with Crippen molar-refractivity contribution >= 4 is 61.5 Å². The maximum absolute atomic E-state index is 12.4. The summed E-state index contributed by atoms with van der Waals surface area (Å²) >= 11 is 6.15. The Morgan fingerprint density at radius 2 is 1.66 bits per heavy atom. The normalized spacial score (nSPS) is 12.0. The number of carboxylic acids is 1. The largest absolute Gasteiger partial charge is 0.494 e. The second-order valence-electron chi connectivity index (χ2n) is 9.66. The van der Waals surface area contributed by atoms with E-state index in [0.717, 1.165) is 16.1 Å². The Bertz CT molecular complexity index is 1730. The van der Waals surface area contributed by atoms with Gasteiger partial charge in [-0.15, -0.1) is 0 Å². The highest BCUT2D eigenvalue weighted by Crippen LogP contribution is 2.33. The van der Waals surface area contributed by atoms with E-state index in [4.69, 9.17) is 21.7 Å². The molecule has 0 aliphatic carbocycles. The van der Waals surface area contributed by atoms with Crippen molar-refractivity contribution in [1.29, 1.82) is 0 Å². The first kappa shape index (κ1) is 29.6. The highest BCUT2D eigenvalue weighted by atomic mass is 35.5. The number of aliphatic carboxylic acids is 1. The fourth-order valence-corrected chi connectivity index (χ4v) is 5.25. The molecule has 0 spiro atoms. The number of carbonyl (C=O) groups is 2. The van der Waals surface area contributed by atoms with E-state index < -0.39 is 16.0 Å². The van der Waals surface area contributed by atoms with E-state index in [1.807, 2.05) is 12.1 Å². The summed E-state index contributed by atoms with van der Waals surface area (Å²) in [6, 6.07) is 18.8. The topological polar surface area (TPSA) is 143 Å². The quantitative estimate of drug-likeness (QED) is 0.229. The number of rotatable bonds is 10. The Balaban J connectivity index is 1.79. The maximum Gasteiger partial charge on any atom is 0.303 e. The number of sulfonamides is 1. The molecule has 4 rings (SSSR count). The predicted molar refractivity (Wildman–Crippen MR) is 160 cm³/mol. The molecule has 1 aromatic heterocycles. The zero-order valence-corrected chi connectivity index (χ0v) is 24.2. The van der Waals surface area contributed by atoms with Gasteiger partial charge < -0.3 is 20.1 Å². The number of likely N-dealkylation sites (N-methyl/N-ethyl adjacent to an activating group) is 1. The minimum atomic E-state index is -3.74. The molecule has 3 N–H and O–H groups in total. The molecule has 0 unspecified atom stereocenters. The number of nitrogens with zero attached hydrogens (tertiary/aromatic N) is 3. The molecule has 0 radical (unpaired) electrons. The summed E-state index contributed by atoms with van der Waals surface area (Å²) < 4.78 is 25.9. The van der Waals surface area contributed by atoms with Crippen LogP contribution in [0.15, 0.2) is 71.7 Å². The van der Waals surface area contributed by atoms with Gasteiger partial charge in [0.2, 0.25) is 15.9 Å². The number of anilines is 1. The van der Waals surface area contributed by atoms with E-state index in [9.17, 15) is 23.1 Å².